The van der Waals surface area contributed by atoms with Crippen LogP contribution in [0.25, 0.3) is 0 Å². The Morgan fingerprint density at radius 1 is 1.35 bits per heavy atom. The van der Waals surface area contributed by atoms with Crippen molar-refractivity contribution in [1.29, 1.82) is 0 Å². The van der Waals surface area contributed by atoms with E-state index in [1.165, 1.54) is 0 Å². The molecule has 4 N–H and O–H groups in total. The molecule has 1 amide bonds. The van der Waals surface area contributed by atoms with Crippen molar-refractivity contribution in [1.82, 2.24) is 10.6 Å². The number of carbonyl (C=O) groups excluding carboxylic acids is 1. The molecule has 0 fully saturated rings. The first-order valence-electron chi connectivity index (χ1n) is 5.80. The second-order valence-electron chi connectivity index (χ2n) is 4.24. The minimum Gasteiger partial charge on any atom is -0.383 e. The van der Waals surface area contributed by atoms with Crippen molar-refractivity contribution in [3.63, 3.8) is 0 Å². The number of ether oxygens (including phenoxy) is 1. The van der Waals surface area contributed by atoms with Crippen LogP contribution in [0.2, 0.25) is 0 Å². The van der Waals surface area contributed by atoms with Crippen molar-refractivity contribution in [3.8, 4) is 0 Å². The molecule has 6 heteroatoms. The number of nitrogens with zero attached hydrogens (tertiary/aromatic N) is 1. The number of hydrogen-bond donors (Lipinski definition) is 3. The van der Waals surface area contributed by atoms with E-state index in [1.807, 2.05) is 20.8 Å². The third kappa shape index (κ3) is 9.62. The largest absolute Gasteiger partial charge is 0.383 e. The zero-order chi connectivity index (χ0) is 13.3. The number of aliphatic imine (C=N–C) groups is 1. The maximum Gasteiger partial charge on any atom is 0.222 e. The Hall–Kier alpha value is -1.30. The first-order chi connectivity index (χ1) is 7.95. The van der Waals surface area contributed by atoms with Crippen LogP contribution in [0.3, 0.4) is 0 Å². The minimum absolute atomic E-state index is 0.0125. The summed E-state index contributed by atoms with van der Waals surface area (Å²) in [5.74, 6) is 0.327. The van der Waals surface area contributed by atoms with Gasteiger partial charge in [-0.3, -0.25) is 9.79 Å². The Labute approximate surface area is 103 Å². The molecule has 0 aliphatic heterocycles. The van der Waals surface area contributed by atoms with Gasteiger partial charge >= 0.3 is 0 Å². The van der Waals surface area contributed by atoms with Gasteiger partial charge < -0.3 is 21.1 Å². The molecule has 0 radical (unpaired) electrons. The molecule has 0 aromatic carbocycles. The van der Waals surface area contributed by atoms with Crippen molar-refractivity contribution >= 4 is 11.9 Å². The van der Waals surface area contributed by atoms with Gasteiger partial charge in [0, 0.05) is 25.6 Å². The van der Waals surface area contributed by atoms with Crippen LogP contribution in [-0.4, -0.2) is 44.2 Å². The highest BCUT2D eigenvalue weighted by atomic mass is 16.5. The number of carbonyl (C=O) groups is 1. The highest BCUT2D eigenvalue weighted by Crippen LogP contribution is 1.86. The lowest BCUT2D eigenvalue weighted by Gasteiger charge is -2.13. The Kier molecular flexibility index (Phi) is 8.13. The Morgan fingerprint density at radius 3 is 2.53 bits per heavy atom. The van der Waals surface area contributed by atoms with Crippen LogP contribution in [-0.2, 0) is 9.53 Å². The average Bonchev–Trinajstić information content (AvgIpc) is 2.16. The Morgan fingerprint density at radius 2 is 2.00 bits per heavy atom. The monoisotopic (exact) mass is 244 g/mol. The number of hydrogen-bond acceptors (Lipinski definition) is 3. The summed E-state index contributed by atoms with van der Waals surface area (Å²) >= 11 is 0. The van der Waals surface area contributed by atoms with E-state index < -0.39 is 0 Å². The minimum atomic E-state index is -0.0125. The van der Waals surface area contributed by atoms with Gasteiger partial charge in [0.25, 0.3) is 0 Å². The van der Waals surface area contributed by atoms with Crippen LogP contribution in [0.4, 0.5) is 0 Å². The van der Waals surface area contributed by atoms with Crippen molar-refractivity contribution in [3.05, 3.63) is 0 Å². The van der Waals surface area contributed by atoms with Crippen LogP contribution < -0.4 is 16.4 Å². The van der Waals surface area contributed by atoms with E-state index in [9.17, 15) is 4.79 Å². The van der Waals surface area contributed by atoms with Crippen molar-refractivity contribution in [2.75, 3.05) is 20.3 Å². The summed E-state index contributed by atoms with van der Waals surface area (Å²) in [6.45, 7) is 6.73. The van der Waals surface area contributed by atoms with E-state index in [0.717, 1.165) is 0 Å². The van der Waals surface area contributed by atoms with Crippen LogP contribution in [0, 0.1) is 0 Å². The number of guanidine groups is 1. The van der Waals surface area contributed by atoms with Crippen LogP contribution in [0.5, 0.6) is 0 Å². The highest BCUT2D eigenvalue weighted by Gasteiger charge is 2.03. The van der Waals surface area contributed by atoms with Gasteiger partial charge in [-0.25, -0.2) is 0 Å². The van der Waals surface area contributed by atoms with Crippen molar-refractivity contribution in [2.45, 2.75) is 39.3 Å². The fourth-order valence-corrected chi connectivity index (χ4v) is 1.26. The molecule has 17 heavy (non-hydrogen) atoms. The topological polar surface area (TPSA) is 88.7 Å². The molecule has 1 atom stereocenters. The third-order valence-corrected chi connectivity index (χ3v) is 1.88. The highest BCUT2D eigenvalue weighted by molar-refractivity contribution is 5.79. The van der Waals surface area contributed by atoms with Gasteiger partial charge in [-0.05, 0) is 20.8 Å². The van der Waals surface area contributed by atoms with Gasteiger partial charge in [-0.15, -0.1) is 0 Å². The Balaban J connectivity index is 3.80. The smallest absolute Gasteiger partial charge is 0.222 e. The Bertz CT molecular complexity index is 254. The van der Waals surface area contributed by atoms with E-state index in [4.69, 9.17) is 10.5 Å². The second-order valence-corrected chi connectivity index (χ2v) is 4.24. The summed E-state index contributed by atoms with van der Waals surface area (Å²) in [7, 11) is 1.63. The average molecular weight is 244 g/mol. The lowest BCUT2D eigenvalue weighted by molar-refractivity contribution is -0.121. The van der Waals surface area contributed by atoms with E-state index >= 15 is 0 Å². The predicted octanol–water partition coefficient (Wildman–Crippen LogP) is -0.160. The molecule has 0 aliphatic carbocycles. The molecule has 0 aromatic rings. The predicted molar refractivity (Wildman–Crippen MR) is 68.9 cm³/mol. The normalized spacial score (nSPS) is 13.6. The summed E-state index contributed by atoms with van der Waals surface area (Å²) < 4.78 is 4.95. The quantitative estimate of drug-likeness (QED) is 0.429. The van der Waals surface area contributed by atoms with Gasteiger partial charge in [0.15, 0.2) is 5.96 Å². The standard InChI is InChI=1S/C11H24N4O2/c1-8(2)14-10(16)5-6-13-11(12)15-9(3)7-17-4/h8-9H,5-7H2,1-4H3,(H,14,16)(H3,12,13,15). The molecule has 0 saturated heterocycles. The van der Waals surface area contributed by atoms with Crippen LogP contribution in [0.1, 0.15) is 27.2 Å². The van der Waals surface area contributed by atoms with Gasteiger partial charge in [-0.2, -0.15) is 0 Å². The first-order valence-corrected chi connectivity index (χ1v) is 5.80. The first kappa shape index (κ1) is 15.7. The molecule has 0 aliphatic rings. The maximum atomic E-state index is 11.3. The van der Waals surface area contributed by atoms with E-state index in [1.54, 1.807) is 7.11 Å². The molecule has 0 aromatic heterocycles. The number of methoxy groups -OCH3 is 1. The fourth-order valence-electron chi connectivity index (χ4n) is 1.26. The molecular formula is C11H24N4O2. The zero-order valence-corrected chi connectivity index (χ0v) is 11.1. The van der Waals surface area contributed by atoms with Gasteiger partial charge in [0.05, 0.1) is 13.2 Å². The van der Waals surface area contributed by atoms with E-state index in [-0.39, 0.29) is 18.0 Å². The molecule has 0 spiro atoms. The molecular weight excluding hydrogens is 220 g/mol. The van der Waals surface area contributed by atoms with E-state index in [2.05, 4.69) is 15.6 Å². The number of nitrogens with two attached hydrogens (primary N) is 1. The van der Waals surface area contributed by atoms with Gasteiger partial charge in [0.2, 0.25) is 5.91 Å². The molecule has 0 bridgehead atoms. The molecule has 0 rings (SSSR count). The van der Waals surface area contributed by atoms with Crippen molar-refractivity contribution in [2.24, 2.45) is 10.7 Å². The number of amides is 1. The summed E-state index contributed by atoms with van der Waals surface area (Å²) in [5, 5.41) is 5.75. The second kappa shape index (κ2) is 8.81. The van der Waals surface area contributed by atoms with Crippen LogP contribution in [0.15, 0.2) is 4.99 Å². The maximum absolute atomic E-state index is 11.3. The SMILES string of the molecule is COCC(C)NC(N)=NCCC(=O)NC(C)C. The van der Waals surface area contributed by atoms with Gasteiger partial charge in [-0.1, -0.05) is 0 Å². The summed E-state index contributed by atoms with van der Waals surface area (Å²) in [4.78, 5) is 15.4. The summed E-state index contributed by atoms with van der Waals surface area (Å²) in [5.41, 5.74) is 5.64. The zero-order valence-electron chi connectivity index (χ0n) is 11.1. The third-order valence-electron chi connectivity index (χ3n) is 1.88. The molecule has 100 valence electrons. The number of rotatable bonds is 7. The molecule has 0 heterocycles. The van der Waals surface area contributed by atoms with Gasteiger partial charge in [0.1, 0.15) is 0 Å². The summed E-state index contributed by atoms with van der Waals surface area (Å²) in [6, 6.07) is 0.261. The fraction of sp³-hybridized carbons (Fsp3) is 0.818. The van der Waals surface area contributed by atoms with E-state index in [0.29, 0.717) is 25.5 Å². The lowest BCUT2D eigenvalue weighted by Crippen LogP contribution is -2.41. The molecule has 0 saturated carbocycles. The molecule has 1 unspecified atom stereocenters. The summed E-state index contributed by atoms with van der Waals surface area (Å²) in [6.07, 6.45) is 0.346. The van der Waals surface area contributed by atoms with Crippen LogP contribution >= 0.6 is 0 Å². The number of nitrogens with one attached hydrogen (secondary N) is 2. The lowest BCUT2D eigenvalue weighted by atomic mass is 10.3. The molecule has 6 nitrogen and oxygen atoms in total. The van der Waals surface area contributed by atoms with Crippen molar-refractivity contribution < 1.29 is 9.53 Å².